The summed E-state index contributed by atoms with van der Waals surface area (Å²) in [7, 11) is 1.64. The Bertz CT molecular complexity index is 586. The SMILES string of the molecule is CCOc1cccc(NCC(C)Oc2ccccc2OC)c1. The molecule has 1 unspecified atom stereocenters. The van der Waals surface area contributed by atoms with E-state index in [1.165, 1.54) is 0 Å². The predicted octanol–water partition coefficient (Wildman–Crippen LogP) is 3.97. The molecule has 0 saturated heterocycles. The maximum atomic E-state index is 5.92. The third-order valence-electron chi connectivity index (χ3n) is 3.14. The molecule has 0 heterocycles. The van der Waals surface area contributed by atoms with E-state index < -0.39 is 0 Å². The van der Waals surface area contributed by atoms with Crippen LogP contribution in [0.1, 0.15) is 13.8 Å². The van der Waals surface area contributed by atoms with Crippen molar-refractivity contribution in [3.63, 3.8) is 0 Å². The summed E-state index contributed by atoms with van der Waals surface area (Å²) in [5.74, 6) is 2.36. The molecule has 118 valence electrons. The smallest absolute Gasteiger partial charge is 0.161 e. The van der Waals surface area contributed by atoms with Gasteiger partial charge in [0.1, 0.15) is 11.9 Å². The number of benzene rings is 2. The molecular formula is C18H23NO3. The van der Waals surface area contributed by atoms with E-state index in [0.717, 1.165) is 22.9 Å². The van der Waals surface area contributed by atoms with Gasteiger partial charge in [0.25, 0.3) is 0 Å². The average Bonchev–Trinajstić information content (AvgIpc) is 2.54. The van der Waals surface area contributed by atoms with Crippen molar-refractivity contribution in [1.29, 1.82) is 0 Å². The van der Waals surface area contributed by atoms with Gasteiger partial charge in [-0.15, -0.1) is 0 Å². The van der Waals surface area contributed by atoms with Crippen molar-refractivity contribution in [3.05, 3.63) is 48.5 Å². The Morgan fingerprint density at radius 3 is 2.55 bits per heavy atom. The summed E-state index contributed by atoms with van der Waals surface area (Å²) in [6, 6.07) is 15.6. The summed E-state index contributed by atoms with van der Waals surface area (Å²) in [5.41, 5.74) is 1.02. The Kier molecular flexibility index (Phi) is 5.95. The van der Waals surface area contributed by atoms with Crippen LogP contribution in [0.2, 0.25) is 0 Å². The van der Waals surface area contributed by atoms with Crippen LogP contribution in [0, 0.1) is 0 Å². The lowest BCUT2D eigenvalue weighted by atomic mass is 10.3. The number of nitrogens with one attached hydrogen (secondary N) is 1. The van der Waals surface area contributed by atoms with E-state index in [1.807, 2.05) is 62.4 Å². The van der Waals surface area contributed by atoms with E-state index in [-0.39, 0.29) is 6.10 Å². The van der Waals surface area contributed by atoms with Crippen LogP contribution in [0.4, 0.5) is 5.69 Å². The number of anilines is 1. The minimum Gasteiger partial charge on any atom is -0.494 e. The molecule has 0 amide bonds. The lowest BCUT2D eigenvalue weighted by molar-refractivity contribution is 0.223. The molecule has 22 heavy (non-hydrogen) atoms. The van der Waals surface area contributed by atoms with Crippen LogP contribution in [0.5, 0.6) is 17.2 Å². The first-order valence-corrected chi connectivity index (χ1v) is 7.49. The van der Waals surface area contributed by atoms with Crippen molar-refractivity contribution in [2.45, 2.75) is 20.0 Å². The number of ether oxygens (including phenoxy) is 3. The maximum Gasteiger partial charge on any atom is 0.161 e. The highest BCUT2D eigenvalue weighted by atomic mass is 16.5. The van der Waals surface area contributed by atoms with Crippen LogP contribution in [-0.4, -0.2) is 26.4 Å². The van der Waals surface area contributed by atoms with Gasteiger partial charge >= 0.3 is 0 Å². The van der Waals surface area contributed by atoms with E-state index in [9.17, 15) is 0 Å². The van der Waals surface area contributed by atoms with Gasteiger partial charge in [-0.05, 0) is 38.1 Å². The molecule has 0 aliphatic heterocycles. The molecule has 2 aromatic carbocycles. The Hall–Kier alpha value is -2.36. The summed E-state index contributed by atoms with van der Waals surface area (Å²) < 4.78 is 16.7. The molecule has 4 nitrogen and oxygen atoms in total. The second kappa shape index (κ2) is 8.17. The molecular weight excluding hydrogens is 278 g/mol. The molecule has 1 atom stereocenters. The second-order valence-electron chi connectivity index (χ2n) is 4.92. The Labute approximate surface area is 132 Å². The Morgan fingerprint density at radius 2 is 1.82 bits per heavy atom. The summed E-state index contributed by atoms with van der Waals surface area (Å²) >= 11 is 0. The van der Waals surface area contributed by atoms with Crippen molar-refractivity contribution in [1.82, 2.24) is 0 Å². The summed E-state index contributed by atoms with van der Waals surface area (Å²) in [6.07, 6.45) is 0.00653. The van der Waals surface area contributed by atoms with Crippen molar-refractivity contribution in [2.75, 3.05) is 25.6 Å². The quantitative estimate of drug-likeness (QED) is 0.801. The predicted molar refractivity (Wildman–Crippen MR) is 89.2 cm³/mol. The molecule has 2 aromatic rings. The molecule has 0 aliphatic carbocycles. The first kappa shape index (κ1) is 16.0. The molecule has 0 fully saturated rings. The third kappa shape index (κ3) is 4.58. The van der Waals surface area contributed by atoms with Gasteiger partial charge in [-0.1, -0.05) is 18.2 Å². The van der Waals surface area contributed by atoms with Crippen LogP contribution in [-0.2, 0) is 0 Å². The highest BCUT2D eigenvalue weighted by Crippen LogP contribution is 2.27. The molecule has 0 saturated carbocycles. The molecule has 0 bridgehead atoms. The van der Waals surface area contributed by atoms with Crippen molar-refractivity contribution < 1.29 is 14.2 Å². The fraction of sp³-hybridized carbons (Fsp3) is 0.333. The highest BCUT2D eigenvalue weighted by Gasteiger charge is 2.08. The summed E-state index contributed by atoms with van der Waals surface area (Å²) in [4.78, 5) is 0. The first-order valence-electron chi connectivity index (χ1n) is 7.49. The van der Waals surface area contributed by atoms with E-state index in [2.05, 4.69) is 5.32 Å². The number of hydrogen-bond donors (Lipinski definition) is 1. The standard InChI is InChI=1S/C18H23NO3/c1-4-21-16-9-7-8-15(12-16)19-13-14(2)22-18-11-6-5-10-17(18)20-3/h5-12,14,19H,4,13H2,1-3H3. The normalized spacial score (nSPS) is 11.6. The number of rotatable bonds is 8. The van der Waals surface area contributed by atoms with Gasteiger partial charge in [-0.25, -0.2) is 0 Å². The summed E-state index contributed by atoms with van der Waals surface area (Å²) in [5, 5.41) is 3.36. The molecule has 0 spiro atoms. The lowest BCUT2D eigenvalue weighted by Crippen LogP contribution is -2.22. The highest BCUT2D eigenvalue weighted by molar-refractivity contribution is 5.48. The van der Waals surface area contributed by atoms with Gasteiger partial charge in [0, 0.05) is 11.8 Å². The number of para-hydroxylation sites is 2. The van der Waals surface area contributed by atoms with Crippen LogP contribution >= 0.6 is 0 Å². The van der Waals surface area contributed by atoms with Gasteiger partial charge < -0.3 is 19.5 Å². The molecule has 0 radical (unpaired) electrons. The summed E-state index contributed by atoms with van der Waals surface area (Å²) in [6.45, 7) is 5.35. The number of methoxy groups -OCH3 is 1. The molecule has 4 heteroatoms. The van der Waals surface area contributed by atoms with E-state index in [4.69, 9.17) is 14.2 Å². The molecule has 1 N–H and O–H groups in total. The van der Waals surface area contributed by atoms with Crippen LogP contribution in [0.3, 0.4) is 0 Å². The van der Waals surface area contributed by atoms with Gasteiger partial charge in [0.2, 0.25) is 0 Å². The van der Waals surface area contributed by atoms with E-state index >= 15 is 0 Å². The maximum absolute atomic E-state index is 5.92. The molecule has 2 rings (SSSR count). The molecule has 0 aliphatic rings. The van der Waals surface area contributed by atoms with Crippen molar-refractivity contribution >= 4 is 5.69 Å². The number of hydrogen-bond acceptors (Lipinski definition) is 4. The lowest BCUT2D eigenvalue weighted by Gasteiger charge is -2.18. The van der Waals surface area contributed by atoms with E-state index in [1.54, 1.807) is 7.11 Å². The Balaban J connectivity index is 1.89. The van der Waals surface area contributed by atoms with Gasteiger partial charge in [0.15, 0.2) is 11.5 Å². The largest absolute Gasteiger partial charge is 0.494 e. The minimum absolute atomic E-state index is 0.00653. The topological polar surface area (TPSA) is 39.7 Å². The van der Waals surface area contributed by atoms with E-state index in [0.29, 0.717) is 13.2 Å². The molecule has 0 aromatic heterocycles. The third-order valence-corrected chi connectivity index (χ3v) is 3.14. The zero-order chi connectivity index (χ0) is 15.8. The van der Waals surface area contributed by atoms with Crippen LogP contribution in [0.15, 0.2) is 48.5 Å². The second-order valence-corrected chi connectivity index (χ2v) is 4.92. The van der Waals surface area contributed by atoms with Crippen LogP contribution in [0.25, 0.3) is 0 Å². The fourth-order valence-electron chi connectivity index (χ4n) is 2.10. The Morgan fingerprint density at radius 1 is 1.05 bits per heavy atom. The van der Waals surface area contributed by atoms with Gasteiger partial charge in [-0.3, -0.25) is 0 Å². The zero-order valence-electron chi connectivity index (χ0n) is 13.3. The fourth-order valence-corrected chi connectivity index (χ4v) is 2.10. The average molecular weight is 301 g/mol. The first-order chi connectivity index (χ1) is 10.7. The zero-order valence-corrected chi connectivity index (χ0v) is 13.3. The van der Waals surface area contributed by atoms with Crippen LogP contribution < -0.4 is 19.5 Å². The van der Waals surface area contributed by atoms with Gasteiger partial charge in [0.05, 0.1) is 20.3 Å². The monoisotopic (exact) mass is 301 g/mol. The van der Waals surface area contributed by atoms with Crippen molar-refractivity contribution in [3.8, 4) is 17.2 Å². The van der Waals surface area contributed by atoms with Crippen molar-refractivity contribution in [2.24, 2.45) is 0 Å². The minimum atomic E-state index is 0.00653. The van der Waals surface area contributed by atoms with Gasteiger partial charge in [-0.2, -0.15) is 0 Å².